The van der Waals surface area contributed by atoms with E-state index in [0.717, 1.165) is 12.1 Å². The molecular formula is C13H14F6O2. The number of rotatable bonds is 3. The monoisotopic (exact) mass is 316 g/mol. The highest BCUT2D eigenvalue weighted by Gasteiger charge is 2.72. The number of halogens is 6. The third-order valence-corrected chi connectivity index (χ3v) is 3.41. The normalized spacial score (nSPS) is 15.1. The summed E-state index contributed by atoms with van der Waals surface area (Å²) < 4.78 is 76.3. The molecule has 2 nitrogen and oxygen atoms in total. The molecule has 0 fully saturated rings. The van der Waals surface area contributed by atoms with Gasteiger partial charge in [0.15, 0.2) is 0 Å². The molecule has 0 aromatic heterocycles. The average Bonchev–Trinajstić information content (AvgIpc) is 2.34. The summed E-state index contributed by atoms with van der Waals surface area (Å²) in [6.45, 7) is 3.48. The molecule has 1 aromatic rings. The number of benzene rings is 1. The first-order valence-corrected chi connectivity index (χ1v) is 6.05. The third kappa shape index (κ3) is 2.95. The van der Waals surface area contributed by atoms with Crippen molar-refractivity contribution in [1.29, 1.82) is 0 Å². The van der Waals surface area contributed by atoms with Gasteiger partial charge in [-0.2, -0.15) is 26.3 Å². The SMILES string of the molecule is CCC(C)c1ccc(C(O)(C(F)(F)F)C(F)(F)F)c(O)c1. The summed E-state index contributed by atoms with van der Waals surface area (Å²) in [4.78, 5) is 0. The van der Waals surface area contributed by atoms with E-state index in [2.05, 4.69) is 0 Å². The van der Waals surface area contributed by atoms with Crippen molar-refractivity contribution in [2.45, 2.75) is 44.1 Å². The van der Waals surface area contributed by atoms with Gasteiger partial charge in [0.05, 0.1) is 0 Å². The zero-order valence-electron chi connectivity index (χ0n) is 11.2. The van der Waals surface area contributed by atoms with Crippen LogP contribution >= 0.6 is 0 Å². The predicted molar refractivity (Wildman–Crippen MR) is 62.8 cm³/mol. The zero-order chi connectivity index (χ0) is 16.6. The molecule has 0 aliphatic rings. The summed E-state index contributed by atoms with van der Waals surface area (Å²) in [6.07, 6.45) is -11.4. The van der Waals surface area contributed by atoms with Gasteiger partial charge in [-0.15, -0.1) is 0 Å². The lowest BCUT2D eigenvalue weighted by molar-refractivity contribution is -0.376. The number of phenols is 1. The molecule has 8 heteroatoms. The van der Waals surface area contributed by atoms with Crippen molar-refractivity contribution >= 4 is 0 Å². The summed E-state index contributed by atoms with van der Waals surface area (Å²) in [5, 5.41) is 18.8. The smallest absolute Gasteiger partial charge is 0.430 e. The summed E-state index contributed by atoms with van der Waals surface area (Å²) in [5.41, 5.74) is -6.36. The maximum Gasteiger partial charge on any atom is 0.430 e. The number of phenolic OH excluding ortho intramolecular Hbond substituents is 1. The highest BCUT2D eigenvalue weighted by molar-refractivity contribution is 5.43. The van der Waals surface area contributed by atoms with Gasteiger partial charge in [0.2, 0.25) is 0 Å². The van der Waals surface area contributed by atoms with Crippen LogP contribution in [0.4, 0.5) is 26.3 Å². The minimum absolute atomic E-state index is 0.158. The lowest BCUT2D eigenvalue weighted by atomic mass is 9.88. The second kappa shape index (κ2) is 5.40. The first-order valence-electron chi connectivity index (χ1n) is 6.05. The Hall–Kier alpha value is -1.44. The van der Waals surface area contributed by atoms with Crippen LogP contribution in [-0.4, -0.2) is 22.6 Å². The quantitative estimate of drug-likeness (QED) is 0.820. The van der Waals surface area contributed by atoms with Crippen molar-refractivity contribution in [2.75, 3.05) is 0 Å². The summed E-state index contributed by atoms with van der Waals surface area (Å²) >= 11 is 0. The molecule has 0 spiro atoms. The third-order valence-electron chi connectivity index (χ3n) is 3.41. The summed E-state index contributed by atoms with van der Waals surface area (Å²) in [6, 6.07) is 2.30. The maximum absolute atomic E-state index is 12.7. The van der Waals surface area contributed by atoms with Gasteiger partial charge in [0.25, 0.3) is 5.60 Å². The van der Waals surface area contributed by atoms with E-state index in [9.17, 15) is 36.6 Å². The molecule has 120 valence electrons. The Morgan fingerprint density at radius 1 is 1.05 bits per heavy atom. The van der Waals surface area contributed by atoms with Crippen LogP contribution in [0.1, 0.15) is 37.3 Å². The van der Waals surface area contributed by atoms with Crippen LogP contribution in [0.5, 0.6) is 5.75 Å². The molecule has 0 heterocycles. The van der Waals surface area contributed by atoms with Crippen LogP contribution in [-0.2, 0) is 5.60 Å². The van der Waals surface area contributed by atoms with Crippen LogP contribution in [0.2, 0.25) is 0 Å². The van der Waals surface area contributed by atoms with Crippen molar-refractivity contribution in [3.8, 4) is 5.75 Å². The van der Waals surface area contributed by atoms with Crippen molar-refractivity contribution in [3.63, 3.8) is 0 Å². The Morgan fingerprint density at radius 3 is 1.86 bits per heavy atom. The van der Waals surface area contributed by atoms with Gasteiger partial charge in [-0.1, -0.05) is 26.0 Å². The van der Waals surface area contributed by atoms with Crippen LogP contribution in [0.3, 0.4) is 0 Å². The van der Waals surface area contributed by atoms with Gasteiger partial charge >= 0.3 is 12.4 Å². The van der Waals surface area contributed by atoms with E-state index in [4.69, 9.17) is 0 Å². The van der Waals surface area contributed by atoms with Gasteiger partial charge in [-0.05, 0) is 24.0 Å². The molecule has 0 amide bonds. The van der Waals surface area contributed by atoms with E-state index in [-0.39, 0.29) is 5.92 Å². The van der Waals surface area contributed by atoms with E-state index in [1.807, 2.05) is 0 Å². The topological polar surface area (TPSA) is 40.5 Å². The molecule has 0 aliphatic heterocycles. The fraction of sp³-hybridized carbons (Fsp3) is 0.538. The van der Waals surface area contributed by atoms with Gasteiger partial charge in [0, 0.05) is 5.56 Å². The van der Waals surface area contributed by atoms with E-state index in [1.165, 1.54) is 0 Å². The predicted octanol–water partition coefficient (Wildman–Crippen LogP) is 4.22. The lowest BCUT2D eigenvalue weighted by Gasteiger charge is -2.33. The van der Waals surface area contributed by atoms with Crippen LogP contribution in [0, 0.1) is 0 Å². The number of alkyl halides is 6. The van der Waals surface area contributed by atoms with E-state index in [0.29, 0.717) is 18.1 Å². The second-order valence-electron chi connectivity index (χ2n) is 4.79. The minimum atomic E-state index is -6.01. The Balaban J connectivity index is 3.49. The minimum Gasteiger partial charge on any atom is -0.508 e. The number of hydrogen-bond acceptors (Lipinski definition) is 2. The molecule has 21 heavy (non-hydrogen) atoms. The van der Waals surface area contributed by atoms with Gasteiger partial charge in [-0.3, -0.25) is 0 Å². The van der Waals surface area contributed by atoms with Gasteiger partial charge in [-0.25, -0.2) is 0 Å². The molecule has 2 N–H and O–H groups in total. The van der Waals surface area contributed by atoms with Crippen LogP contribution in [0.15, 0.2) is 18.2 Å². The molecule has 0 radical (unpaired) electrons. The fourth-order valence-electron chi connectivity index (χ4n) is 1.86. The molecule has 1 rings (SSSR count). The Bertz CT molecular complexity index is 492. The lowest BCUT2D eigenvalue weighted by Crippen LogP contribution is -2.53. The van der Waals surface area contributed by atoms with Gasteiger partial charge in [0.1, 0.15) is 5.75 Å². The Morgan fingerprint density at radius 2 is 1.52 bits per heavy atom. The number of aliphatic hydroxyl groups is 1. The number of aromatic hydroxyl groups is 1. The van der Waals surface area contributed by atoms with Crippen molar-refractivity contribution in [2.24, 2.45) is 0 Å². The zero-order valence-corrected chi connectivity index (χ0v) is 11.2. The van der Waals surface area contributed by atoms with Crippen LogP contribution < -0.4 is 0 Å². The van der Waals surface area contributed by atoms with Crippen molar-refractivity contribution in [3.05, 3.63) is 29.3 Å². The van der Waals surface area contributed by atoms with E-state index in [1.54, 1.807) is 13.8 Å². The van der Waals surface area contributed by atoms with Gasteiger partial charge < -0.3 is 10.2 Å². The molecule has 0 saturated heterocycles. The molecule has 1 atom stereocenters. The highest BCUT2D eigenvalue weighted by Crippen LogP contribution is 2.52. The summed E-state index contributed by atoms with van der Waals surface area (Å²) in [7, 11) is 0. The first-order chi connectivity index (χ1) is 9.36. The molecule has 0 saturated carbocycles. The van der Waals surface area contributed by atoms with Crippen molar-refractivity contribution in [1.82, 2.24) is 0 Å². The maximum atomic E-state index is 12.7. The van der Waals surface area contributed by atoms with E-state index >= 15 is 0 Å². The van der Waals surface area contributed by atoms with Crippen molar-refractivity contribution < 1.29 is 36.6 Å². The second-order valence-corrected chi connectivity index (χ2v) is 4.79. The largest absolute Gasteiger partial charge is 0.508 e. The highest BCUT2D eigenvalue weighted by atomic mass is 19.4. The Labute approximate surface area is 117 Å². The number of hydrogen-bond donors (Lipinski definition) is 2. The fourth-order valence-corrected chi connectivity index (χ4v) is 1.86. The molecule has 1 aromatic carbocycles. The van der Waals surface area contributed by atoms with E-state index < -0.39 is 29.3 Å². The molecular weight excluding hydrogens is 302 g/mol. The molecule has 1 unspecified atom stereocenters. The Kier molecular flexibility index (Phi) is 4.53. The average molecular weight is 316 g/mol. The molecule has 0 bridgehead atoms. The van der Waals surface area contributed by atoms with Crippen LogP contribution in [0.25, 0.3) is 0 Å². The summed E-state index contributed by atoms with van der Waals surface area (Å²) in [5.74, 6) is -1.40. The standard InChI is InChI=1S/C13H14F6O2/c1-3-7(2)8-4-5-9(10(20)6-8)11(21,12(14,15)16)13(17,18)19/h4-7,20-21H,3H2,1-2H3. The first kappa shape index (κ1) is 17.6. The molecule has 0 aliphatic carbocycles.